The van der Waals surface area contributed by atoms with Gasteiger partial charge in [-0.25, -0.2) is 4.39 Å². The fourth-order valence-corrected chi connectivity index (χ4v) is 2.32. The second-order valence-electron chi connectivity index (χ2n) is 4.95. The molecule has 0 saturated carbocycles. The molecule has 2 heteroatoms. The van der Waals surface area contributed by atoms with Gasteiger partial charge < -0.3 is 5.73 Å². The molecule has 2 aromatic carbocycles. The average molecular weight is 257 g/mol. The first-order valence-electron chi connectivity index (χ1n) is 6.73. The molecular weight excluding hydrogens is 237 g/mol. The summed E-state index contributed by atoms with van der Waals surface area (Å²) in [5.74, 6) is -0.198. The SMILES string of the molecule is CCCc1cccc(C(N)c2cccc(C)c2F)c1. The quantitative estimate of drug-likeness (QED) is 0.875. The standard InChI is InChI=1S/C17H20FN/c1-3-6-13-8-5-9-14(11-13)17(19)15-10-4-7-12(2)16(15)18/h4-5,7-11,17H,3,6,19H2,1-2H3. The molecule has 0 aliphatic rings. The highest BCUT2D eigenvalue weighted by Gasteiger charge is 2.14. The smallest absolute Gasteiger partial charge is 0.131 e. The second kappa shape index (κ2) is 5.98. The van der Waals surface area contributed by atoms with Crippen molar-refractivity contribution in [3.05, 3.63) is 70.5 Å². The van der Waals surface area contributed by atoms with Gasteiger partial charge in [0.2, 0.25) is 0 Å². The molecule has 100 valence electrons. The fourth-order valence-electron chi connectivity index (χ4n) is 2.32. The first kappa shape index (κ1) is 13.8. The minimum absolute atomic E-state index is 0.198. The van der Waals surface area contributed by atoms with E-state index in [1.807, 2.05) is 18.2 Å². The molecule has 1 nitrogen and oxygen atoms in total. The third-order valence-corrected chi connectivity index (χ3v) is 3.41. The molecule has 2 rings (SSSR count). The Balaban J connectivity index is 2.35. The monoisotopic (exact) mass is 257 g/mol. The number of nitrogens with two attached hydrogens (primary N) is 1. The Morgan fingerprint density at radius 3 is 2.63 bits per heavy atom. The molecule has 0 radical (unpaired) electrons. The summed E-state index contributed by atoms with van der Waals surface area (Å²) in [7, 11) is 0. The molecular formula is C17H20FN. The van der Waals surface area contributed by atoms with Crippen LogP contribution in [0.5, 0.6) is 0 Å². The Morgan fingerprint density at radius 1 is 1.16 bits per heavy atom. The molecule has 0 aliphatic carbocycles. The first-order chi connectivity index (χ1) is 9.13. The van der Waals surface area contributed by atoms with Gasteiger partial charge in [0.25, 0.3) is 0 Å². The van der Waals surface area contributed by atoms with Gasteiger partial charge in [-0.15, -0.1) is 0 Å². The summed E-state index contributed by atoms with van der Waals surface area (Å²) >= 11 is 0. The molecule has 0 bridgehead atoms. The summed E-state index contributed by atoms with van der Waals surface area (Å²) in [6.07, 6.45) is 2.12. The van der Waals surface area contributed by atoms with Crippen molar-refractivity contribution in [2.24, 2.45) is 5.73 Å². The van der Waals surface area contributed by atoms with E-state index in [0.717, 1.165) is 18.4 Å². The Labute approximate surface area is 114 Å². The van der Waals surface area contributed by atoms with Crippen molar-refractivity contribution in [1.82, 2.24) is 0 Å². The van der Waals surface area contributed by atoms with Crippen LogP contribution in [0.2, 0.25) is 0 Å². The summed E-state index contributed by atoms with van der Waals surface area (Å²) in [5, 5.41) is 0. The van der Waals surface area contributed by atoms with E-state index < -0.39 is 6.04 Å². The van der Waals surface area contributed by atoms with Crippen LogP contribution >= 0.6 is 0 Å². The molecule has 0 spiro atoms. The summed E-state index contributed by atoms with van der Waals surface area (Å²) in [5.41, 5.74) is 9.63. The van der Waals surface area contributed by atoms with E-state index >= 15 is 0 Å². The molecule has 0 aliphatic heterocycles. The Hall–Kier alpha value is -1.67. The third kappa shape index (κ3) is 3.02. The molecule has 1 atom stereocenters. The normalized spacial score (nSPS) is 12.4. The summed E-state index contributed by atoms with van der Waals surface area (Å²) in [4.78, 5) is 0. The van der Waals surface area contributed by atoms with Crippen LogP contribution in [0.1, 0.15) is 41.6 Å². The molecule has 0 aromatic heterocycles. The molecule has 2 aromatic rings. The van der Waals surface area contributed by atoms with Gasteiger partial charge in [-0.05, 0) is 30.0 Å². The van der Waals surface area contributed by atoms with Gasteiger partial charge >= 0.3 is 0 Å². The van der Waals surface area contributed by atoms with Gasteiger partial charge in [0.05, 0.1) is 6.04 Å². The average Bonchev–Trinajstić information content (AvgIpc) is 2.42. The van der Waals surface area contributed by atoms with Crippen LogP contribution < -0.4 is 5.73 Å². The van der Waals surface area contributed by atoms with E-state index in [2.05, 4.69) is 19.1 Å². The Bertz CT molecular complexity index is 563. The van der Waals surface area contributed by atoms with Gasteiger partial charge in [-0.3, -0.25) is 0 Å². The number of rotatable bonds is 4. The third-order valence-electron chi connectivity index (χ3n) is 3.41. The van der Waals surface area contributed by atoms with Crippen LogP contribution in [0.15, 0.2) is 42.5 Å². The number of benzene rings is 2. The predicted molar refractivity (Wildman–Crippen MR) is 77.6 cm³/mol. The molecule has 2 N–H and O–H groups in total. The minimum Gasteiger partial charge on any atom is -0.320 e. The van der Waals surface area contributed by atoms with Crippen molar-refractivity contribution in [3.8, 4) is 0 Å². The van der Waals surface area contributed by atoms with Crippen molar-refractivity contribution in [2.45, 2.75) is 32.7 Å². The zero-order chi connectivity index (χ0) is 13.8. The molecule has 19 heavy (non-hydrogen) atoms. The van der Waals surface area contributed by atoms with E-state index in [1.165, 1.54) is 5.56 Å². The lowest BCUT2D eigenvalue weighted by atomic mass is 9.95. The zero-order valence-electron chi connectivity index (χ0n) is 11.5. The fraction of sp³-hybridized carbons (Fsp3) is 0.294. The van der Waals surface area contributed by atoms with E-state index in [9.17, 15) is 4.39 Å². The lowest BCUT2D eigenvalue weighted by Gasteiger charge is -2.15. The second-order valence-corrected chi connectivity index (χ2v) is 4.95. The number of hydrogen-bond donors (Lipinski definition) is 1. The predicted octanol–water partition coefficient (Wildman–Crippen LogP) is 4.13. The molecule has 0 amide bonds. The van der Waals surface area contributed by atoms with Gasteiger partial charge in [-0.1, -0.05) is 55.8 Å². The van der Waals surface area contributed by atoms with E-state index in [0.29, 0.717) is 11.1 Å². The van der Waals surface area contributed by atoms with Gasteiger partial charge in [0.15, 0.2) is 0 Å². The van der Waals surface area contributed by atoms with Crippen LogP contribution in [0.3, 0.4) is 0 Å². The highest BCUT2D eigenvalue weighted by atomic mass is 19.1. The summed E-state index contributed by atoms with van der Waals surface area (Å²) < 4.78 is 14.1. The molecule has 0 fully saturated rings. The largest absolute Gasteiger partial charge is 0.320 e. The van der Waals surface area contributed by atoms with Gasteiger partial charge in [0.1, 0.15) is 5.82 Å². The molecule has 0 heterocycles. The van der Waals surface area contributed by atoms with Crippen LogP contribution in [0.25, 0.3) is 0 Å². The zero-order valence-corrected chi connectivity index (χ0v) is 11.5. The van der Waals surface area contributed by atoms with Crippen molar-refractivity contribution in [3.63, 3.8) is 0 Å². The lowest BCUT2D eigenvalue weighted by Crippen LogP contribution is -2.14. The van der Waals surface area contributed by atoms with Crippen molar-refractivity contribution in [2.75, 3.05) is 0 Å². The molecule has 0 saturated heterocycles. The van der Waals surface area contributed by atoms with E-state index in [-0.39, 0.29) is 5.82 Å². The van der Waals surface area contributed by atoms with Crippen LogP contribution in [-0.4, -0.2) is 0 Å². The maximum Gasteiger partial charge on any atom is 0.131 e. The maximum atomic E-state index is 14.1. The summed E-state index contributed by atoms with van der Waals surface area (Å²) in [6, 6.07) is 13.1. The summed E-state index contributed by atoms with van der Waals surface area (Å²) in [6.45, 7) is 3.91. The van der Waals surface area contributed by atoms with Crippen molar-refractivity contribution >= 4 is 0 Å². The minimum atomic E-state index is -0.406. The van der Waals surface area contributed by atoms with Crippen LogP contribution in [0, 0.1) is 12.7 Å². The van der Waals surface area contributed by atoms with Crippen LogP contribution in [-0.2, 0) is 6.42 Å². The van der Waals surface area contributed by atoms with Gasteiger partial charge in [0, 0.05) is 5.56 Å². The Kier molecular flexibility index (Phi) is 4.33. The maximum absolute atomic E-state index is 14.1. The topological polar surface area (TPSA) is 26.0 Å². The lowest BCUT2D eigenvalue weighted by molar-refractivity contribution is 0.591. The first-order valence-corrected chi connectivity index (χ1v) is 6.73. The number of aryl methyl sites for hydroxylation is 2. The highest BCUT2D eigenvalue weighted by molar-refractivity contribution is 5.36. The van der Waals surface area contributed by atoms with Crippen molar-refractivity contribution < 1.29 is 4.39 Å². The van der Waals surface area contributed by atoms with E-state index in [4.69, 9.17) is 5.73 Å². The van der Waals surface area contributed by atoms with Crippen LogP contribution in [0.4, 0.5) is 4.39 Å². The van der Waals surface area contributed by atoms with E-state index in [1.54, 1.807) is 19.1 Å². The Morgan fingerprint density at radius 2 is 1.89 bits per heavy atom. The van der Waals surface area contributed by atoms with Gasteiger partial charge in [-0.2, -0.15) is 0 Å². The number of hydrogen-bond acceptors (Lipinski definition) is 1. The highest BCUT2D eigenvalue weighted by Crippen LogP contribution is 2.24. The number of halogens is 1. The molecule has 1 unspecified atom stereocenters. The van der Waals surface area contributed by atoms with Crippen molar-refractivity contribution in [1.29, 1.82) is 0 Å².